The number of sulfonamides is 1. The van der Waals surface area contributed by atoms with Crippen molar-refractivity contribution in [3.63, 3.8) is 0 Å². The highest BCUT2D eigenvalue weighted by Crippen LogP contribution is 2.48. The molecule has 3 aromatic rings. The van der Waals surface area contributed by atoms with Crippen molar-refractivity contribution in [1.29, 1.82) is 0 Å². The fourth-order valence-corrected chi connectivity index (χ4v) is 5.10. The summed E-state index contributed by atoms with van der Waals surface area (Å²) in [7, 11) is -3.34. The number of ether oxygens (including phenoxy) is 1. The molecule has 5 rings (SSSR count). The van der Waals surface area contributed by atoms with E-state index >= 15 is 0 Å². The Balaban J connectivity index is 1.54. The highest BCUT2D eigenvalue weighted by molar-refractivity contribution is 7.92. The number of nitrogens with one attached hydrogen (secondary N) is 1. The van der Waals surface area contributed by atoms with E-state index in [4.69, 9.17) is 9.84 Å². The Labute approximate surface area is 173 Å². The lowest BCUT2D eigenvalue weighted by Crippen LogP contribution is -2.33. The van der Waals surface area contributed by atoms with Crippen LogP contribution in [0.4, 0.5) is 5.69 Å². The maximum atomic E-state index is 11.6. The van der Waals surface area contributed by atoms with Gasteiger partial charge in [-0.2, -0.15) is 5.10 Å². The van der Waals surface area contributed by atoms with E-state index in [1.54, 1.807) is 17.4 Å². The van der Waals surface area contributed by atoms with Crippen LogP contribution in [0.1, 0.15) is 34.7 Å². The van der Waals surface area contributed by atoms with E-state index < -0.39 is 10.0 Å². The third kappa shape index (κ3) is 3.49. The predicted molar refractivity (Wildman–Crippen MR) is 115 cm³/mol. The molecule has 2 aliphatic heterocycles. The van der Waals surface area contributed by atoms with E-state index in [0.29, 0.717) is 5.69 Å². The van der Waals surface area contributed by atoms with Gasteiger partial charge in [0.15, 0.2) is 0 Å². The molecular weight excluding hydrogens is 406 g/mol. The smallest absolute Gasteiger partial charge is 0.229 e. The summed E-state index contributed by atoms with van der Waals surface area (Å²) in [5.41, 5.74) is 3.46. The molecule has 0 bridgehead atoms. The van der Waals surface area contributed by atoms with Gasteiger partial charge in [0.1, 0.15) is 5.75 Å². The first-order valence-electron chi connectivity index (χ1n) is 9.21. The summed E-state index contributed by atoms with van der Waals surface area (Å²) in [5, 5.41) is 8.97. The highest BCUT2D eigenvalue weighted by Gasteiger charge is 2.41. The van der Waals surface area contributed by atoms with Gasteiger partial charge in [-0.3, -0.25) is 4.72 Å². The summed E-state index contributed by atoms with van der Waals surface area (Å²) < 4.78 is 32.0. The molecule has 0 saturated carbocycles. The van der Waals surface area contributed by atoms with Gasteiger partial charge in [-0.25, -0.2) is 13.4 Å². The van der Waals surface area contributed by atoms with Crippen molar-refractivity contribution in [3.8, 4) is 5.75 Å². The molecule has 1 N–H and O–H groups in total. The van der Waals surface area contributed by atoms with Gasteiger partial charge in [-0.1, -0.05) is 36.4 Å². The molecule has 0 amide bonds. The maximum absolute atomic E-state index is 11.6. The van der Waals surface area contributed by atoms with Crippen LogP contribution in [-0.4, -0.2) is 25.4 Å². The molecule has 29 heavy (non-hydrogen) atoms. The minimum atomic E-state index is -3.34. The van der Waals surface area contributed by atoms with Gasteiger partial charge in [0.05, 0.1) is 22.9 Å². The second-order valence-corrected chi connectivity index (χ2v) is 9.85. The van der Waals surface area contributed by atoms with E-state index in [1.807, 2.05) is 52.9 Å². The van der Waals surface area contributed by atoms with Crippen LogP contribution < -0.4 is 9.46 Å². The van der Waals surface area contributed by atoms with Gasteiger partial charge in [0.2, 0.25) is 16.3 Å². The third-order valence-corrected chi connectivity index (χ3v) is 6.49. The SMILES string of the molecule is CS(=O)(=O)Nc1cccc(C2=NN3[C@@H](c4cccs4)Oc4ccccc4[C@@H]3C2)c1. The summed E-state index contributed by atoms with van der Waals surface area (Å²) in [6.45, 7) is 0. The maximum Gasteiger partial charge on any atom is 0.229 e. The molecule has 2 atom stereocenters. The van der Waals surface area contributed by atoms with Gasteiger partial charge in [0.25, 0.3) is 0 Å². The van der Waals surface area contributed by atoms with Crippen molar-refractivity contribution in [1.82, 2.24) is 5.01 Å². The van der Waals surface area contributed by atoms with Crippen LogP contribution in [0, 0.1) is 0 Å². The summed E-state index contributed by atoms with van der Waals surface area (Å²) >= 11 is 1.65. The van der Waals surface area contributed by atoms with E-state index in [9.17, 15) is 8.42 Å². The van der Waals surface area contributed by atoms with Crippen LogP contribution in [0.5, 0.6) is 5.75 Å². The number of hydrogen-bond donors (Lipinski definition) is 1. The van der Waals surface area contributed by atoms with Gasteiger partial charge < -0.3 is 4.74 Å². The Morgan fingerprint density at radius 2 is 2.00 bits per heavy atom. The zero-order chi connectivity index (χ0) is 20.0. The van der Waals surface area contributed by atoms with Crippen molar-refractivity contribution < 1.29 is 13.2 Å². The molecule has 0 fully saturated rings. The van der Waals surface area contributed by atoms with Crippen molar-refractivity contribution >= 4 is 32.8 Å². The number of benzene rings is 2. The number of hydrogen-bond acceptors (Lipinski definition) is 6. The summed E-state index contributed by atoms with van der Waals surface area (Å²) in [4.78, 5) is 1.10. The van der Waals surface area contributed by atoms with Crippen LogP contribution in [-0.2, 0) is 10.0 Å². The first-order valence-corrected chi connectivity index (χ1v) is 12.0. The number of para-hydroxylation sites is 1. The molecule has 0 spiro atoms. The first-order chi connectivity index (χ1) is 14.0. The monoisotopic (exact) mass is 425 g/mol. The molecule has 2 aliphatic rings. The van der Waals surface area contributed by atoms with Crippen molar-refractivity contribution in [2.45, 2.75) is 18.7 Å². The Hall–Kier alpha value is -2.84. The minimum Gasteiger partial charge on any atom is -0.464 e. The molecule has 0 unspecified atom stereocenters. The second kappa shape index (κ2) is 6.89. The van der Waals surface area contributed by atoms with Crippen molar-refractivity contribution in [3.05, 3.63) is 82.0 Å². The van der Waals surface area contributed by atoms with Crippen LogP contribution in [0.25, 0.3) is 0 Å². The Morgan fingerprint density at radius 3 is 2.79 bits per heavy atom. The van der Waals surface area contributed by atoms with E-state index in [2.05, 4.69) is 16.9 Å². The van der Waals surface area contributed by atoms with E-state index in [-0.39, 0.29) is 12.3 Å². The third-order valence-electron chi connectivity index (χ3n) is 4.98. The predicted octanol–water partition coefficient (Wildman–Crippen LogP) is 4.36. The van der Waals surface area contributed by atoms with Gasteiger partial charge in [-0.05, 0) is 35.2 Å². The van der Waals surface area contributed by atoms with Gasteiger partial charge in [0, 0.05) is 17.7 Å². The van der Waals surface area contributed by atoms with Crippen LogP contribution >= 0.6 is 11.3 Å². The molecule has 0 radical (unpaired) electrons. The lowest BCUT2D eigenvalue weighted by molar-refractivity contribution is -0.0165. The van der Waals surface area contributed by atoms with Crippen molar-refractivity contribution in [2.24, 2.45) is 5.10 Å². The number of anilines is 1. The van der Waals surface area contributed by atoms with Gasteiger partial charge >= 0.3 is 0 Å². The molecule has 0 saturated heterocycles. The zero-order valence-electron chi connectivity index (χ0n) is 15.6. The summed E-state index contributed by atoms with van der Waals surface area (Å²) in [6, 6.07) is 19.6. The van der Waals surface area contributed by atoms with E-state index in [0.717, 1.165) is 40.1 Å². The Morgan fingerprint density at radius 1 is 1.14 bits per heavy atom. The van der Waals surface area contributed by atoms with Crippen LogP contribution in [0.2, 0.25) is 0 Å². The molecule has 0 aliphatic carbocycles. The Bertz CT molecular complexity index is 1190. The van der Waals surface area contributed by atoms with E-state index in [1.165, 1.54) is 0 Å². The molecule has 2 aromatic carbocycles. The van der Waals surface area contributed by atoms with Crippen molar-refractivity contribution in [2.75, 3.05) is 11.0 Å². The topological polar surface area (TPSA) is 71.0 Å². The molecule has 6 nitrogen and oxygen atoms in total. The normalized spacial score (nSPS) is 20.4. The minimum absolute atomic E-state index is 0.0774. The molecule has 3 heterocycles. The standard InChI is InChI=1S/C21H19N3O3S2/c1-29(25,26)23-15-7-4-6-14(12-15)17-13-18-16-8-2-3-9-19(16)27-21(24(18)22-17)20-10-5-11-28-20/h2-12,18,21,23H,13H2,1H3/t18-,21+/m0/s1. The molecule has 8 heteroatoms. The number of fused-ring (bicyclic) bond motifs is 3. The average Bonchev–Trinajstić information content (AvgIpc) is 3.36. The fourth-order valence-electron chi connectivity index (χ4n) is 3.80. The number of nitrogens with zero attached hydrogens (tertiary/aromatic N) is 2. The highest BCUT2D eigenvalue weighted by atomic mass is 32.2. The molecule has 1 aromatic heterocycles. The van der Waals surface area contributed by atoms with Crippen LogP contribution in [0.15, 0.2) is 71.1 Å². The Kier molecular flexibility index (Phi) is 4.33. The number of thiophene rings is 1. The lowest BCUT2D eigenvalue weighted by atomic mass is 9.96. The largest absolute Gasteiger partial charge is 0.464 e. The lowest BCUT2D eigenvalue weighted by Gasteiger charge is -2.37. The quantitative estimate of drug-likeness (QED) is 0.674. The number of rotatable bonds is 4. The number of hydrazone groups is 1. The van der Waals surface area contributed by atoms with Gasteiger partial charge in [-0.15, -0.1) is 11.3 Å². The molecular formula is C21H19N3O3S2. The van der Waals surface area contributed by atoms with Crippen LogP contribution in [0.3, 0.4) is 0 Å². The second-order valence-electron chi connectivity index (χ2n) is 7.13. The summed E-state index contributed by atoms with van der Waals surface area (Å²) in [6.07, 6.45) is 1.60. The first kappa shape index (κ1) is 18.2. The molecule has 148 valence electrons. The summed E-state index contributed by atoms with van der Waals surface area (Å²) in [5.74, 6) is 0.885. The fraction of sp³-hybridized carbons (Fsp3) is 0.190. The zero-order valence-corrected chi connectivity index (χ0v) is 17.3. The average molecular weight is 426 g/mol.